The van der Waals surface area contributed by atoms with Gasteiger partial charge in [0, 0.05) is 35.0 Å². The number of benzene rings is 2. The monoisotopic (exact) mass is 540 g/mol. The largest absolute Gasteiger partial charge is 0.495 e. The predicted octanol–water partition coefficient (Wildman–Crippen LogP) is 5.36. The second kappa shape index (κ2) is 12.1. The van der Waals surface area contributed by atoms with Gasteiger partial charge in [-0.05, 0) is 58.4 Å². The van der Waals surface area contributed by atoms with E-state index in [4.69, 9.17) is 20.9 Å². The van der Waals surface area contributed by atoms with Crippen molar-refractivity contribution in [3.05, 3.63) is 70.4 Å². The third-order valence-corrected chi connectivity index (χ3v) is 5.87. The van der Waals surface area contributed by atoms with E-state index in [0.29, 0.717) is 27.8 Å². The van der Waals surface area contributed by atoms with Gasteiger partial charge in [-0.15, -0.1) is 0 Å². The van der Waals surface area contributed by atoms with E-state index in [1.807, 2.05) is 33.8 Å². The molecule has 3 rings (SSSR count). The fourth-order valence-electron chi connectivity index (χ4n) is 3.91. The number of nitrogens with zero attached hydrogens (tertiary/aromatic N) is 2. The van der Waals surface area contributed by atoms with Crippen LogP contribution in [0.4, 0.5) is 11.5 Å². The number of amides is 3. The number of carbonyl (C=O) groups is 3. The van der Waals surface area contributed by atoms with Crippen LogP contribution in [0.5, 0.6) is 5.75 Å². The number of aromatic nitrogens is 1. The van der Waals surface area contributed by atoms with E-state index < -0.39 is 29.3 Å². The number of carbonyl (C=O) groups excluding carboxylic acids is 3. The van der Waals surface area contributed by atoms with Gasteiger partial charge in [-0.2, -0.15) is 0 Å². The molecule has 0 aliphatic rings. The van der Waals surface area contributed by atoms with Crippen molar-refractivity contribution in [2.45, 2.75) is 59.0 Å². The second-order valence-electron chi connectivity index (χ2n) is 9.97. The smallest absolute Gasteiger partial charge is 0.248 e. The van der Waals surface area contributed by atoms with Gasteiger partial charge in [-0.1, -0.05) is 41.0 Å². The Morgan fingerprint density at radius 2 is 1.79 bits per heavy atom. The molecule has 10 heteroatoms. The molecular formula is C28H33ClN4O5. The molecule has 0 aliphatic carbocycles. The van der Waals surface area contributed by atoms with Gasteiger partial charge in [0.1, 0.15) is 17.6 Å². The van der Waals surface area contributed by atoms with Gasteiger partial charge in [0.25, 0.3) is 0 Å². The van der Waals surface area contributed by atoms with Crippen molar-refractivity contribution in [3.63, 3.8) is 0 Å². The minimum absolute atomic E-state index is 0.147. The fraction of sp³-hybridized carbons (Fsp3) is 0.357. The average Bonchev–Trinajstić information content (AvgIpc) is 3.24. The average molecular weight is 541 g/mol. The quantitative estimate of drug-likeness (QED) is 0.377. The van der Waals surface area contributed by atoms with Crippen molar-refractivity contribution in [1.29, 1.82) is 0 Å². The molecule has 0 spiro atoms. The Hall–Kier alpha value is -3.85. The molecule has 0 saturated carbocycles. The van der Waals surface area contributed by atoms with Crippen molar-refractivity contribution in [1.82, 2.24) is 10.5 Å². The van der Waals surface area contributed by atoms with Crippen LogP contribution in [0.2, 0.25) is 5.02 Å². The first-order chi connectivity index (χ1) is 17.9. The fourth-order valence-corrected chi connectivity index (χ4v) is 4.15. The van der Waals surface area contributed by atoms with Crippen LogP contribution in [0.15, 0.2) is 53.1 Å². The normalized spacial score (nSPS) is 12.0. The summed E-state index contributed by atoms with van der Waals surface area (Å²) in [6.45, 7) is 9.13. The number of halogens is 1. The summed E-state index contributed by atoms with van der Waals surface area (Å²) in [5.74, 6) is -0.111. The summed E-state index contributed by atoms with van der Waals surface area (Å²) < 4.78 is 10.5. The number of ether oxygens (including phenoxy) is 1. The molecular weight excluding hydrogens is 508 g/mol. The van der Waals surface area contributed by atoms with Crippen molar-refractivity contribution in [2.75, 3.05) is 17.3 Å². The van der Waals surface area contributed by atoms with Crippen molar-refractivity contribution < 1.29 is 23.6 Å². The molecule has 9 nitrogen and oxygen atoms in total. The minimum Gasteiger partial charge on any atom is -0.495 e. The van der Waals surface area contributed by atoms with Crippen LogP contribution in [-0.4, -0.2) is 35.5 Å². The van der Waals surface area contributed by atoms with Crippen LogP contribution in [0.25, 0.3) is 0 Å². The summed E-state index contributed by atoms with van der Waals surface area (Å²) in [6.07, 6.45) is -0.338. The molecule has 1 heterocycles. The molecule has 2 N–H and O–H groups in total. The second-order valence-corrected chi connectivity index (χ2v) is 10.4. The van der Waals surface area contributed by atoms with Gasteiger partial charge in [-0.3, -0.25) is 19.3 Å². The molecule has 0 fully saturated rings. The molecule has 1 aromatic heterocycles. The third-order valence-electron chi connectivity index (χ3n) is 5.53. The number of anilines is 2. The molecule has 3 aromatic rings. The maximum atomic E-state index is 13.9. The van der Waals surface area contributed by atoms with Gasteiger partial charge in [0.05, 0.1) is 12.8 Å². The number of methoxy groups -OCH3 is 1. The summed E-state index contributed by atoms with van der Waals surface area (Å²) in [4.78, 5) is 41.7. The highest BCUT2D eigenvalue weighted by Gasteiger charge is 2.37. The van der Waals surface area contributed by atoms with Gasteiger partial charge in [-0.25, -0.2) is 0 Å². The lowest BCUT2D eigenvalue weighted by molar-refractivity contribution is -0.128. The van der Waals surface area contributed by atoms with Gasteiger partial charge >= 0.3 is 0 Å². The van der Waals surface area contributed by atoms with Gasteiger partial charge in [0.15, 0.2) is 5.82 Å². The molecule has 1 atom stereocenters. The summed E-state index contributed by atoms with van der Waals surface area (Å²) in [5.41, 5.74) is 1.10. The van der Waals surface area contributed by atoms with Crippen molar-refractivity contribution in [2.24, 2.45) is 0 Å². The molecule has 0 unspecified atom stereocenters. The lowest BCUT2D eigenvalue weighted by Gasteiger charge is -2.35. The Kier molecular flexibility index (Phi) is 9.17. The molecule has 2 aromatic carbocycles. The molecule has 0 bridgehead atoms. The van der Waals surface area contributed by atoms with E-state index in [-0.39, 0.29) is 18.7 Å². The number of nitrogens with one attached hydrogen (secondary N) is 2. The first-order valence-electron chi connectivity index (χ1n) is 12.2. The van der Waals surface area contributed by atoms with Gasteiger partial charge < -0.3 is 19.9 Å². The van der Waals surface area contributed by atoms with E-state index in [0.717, 1.165) is 5.56 Å². The Morgan fingerprint density at radius 3 is 2.39 bits per heavy atom. The Morgan fingerprint density at radius 1 is 1.08 bits per heavy atom. The molecule has 3 amide bonds. The van der Waals surface area contributed by atoms with E-state index >= 15 is 0 Å². The summed E-state index contributed by atoms with van der Waals surface area (Å²) >= 11 is 6.57. The Balaban J connectivity index is 2.05. The zero-order valence-corrected chi connectivity index (χ0v) is 23.2. The van der Waals surface area contributed by atoms with E-state index in [2.05, 4.69) is 15.8 Å². The molecule has 202 valence electrons. The lowest BCUT2D eigenvalue weighted by Crippen LogP contribution is -2.49. The Bertz CT molecular complexity index is 1310. The number of hydrogen-bond acceptors (Lipinski definition) is 6. The predicted molar refractivity (Wildman–Crippen MR) is 146 cm³/mol. The number of aryl methyl sites for hydroxylation is 2. The zero-order valence-electron chi connectivity index (χ0n) is 22.4. The first-order valence-corrected chi connectivity index (χ1v) is 12.5. The zero-order chi connectivity index (χ0) is 28.0. The number of rotatable bonds is 9. The third kappa shape index (κ3) is 7.35. The van der Waals surface area contributed by atoms with E-state index in [1.54, 1.807) is 49.4 Å². The van der Waals surface area contributed by atoms with Gasteiger partial charge in [0.2, 0.25) is 17.7 Å². The van der Waals surface area contributed by atoms with Crippen LogP contribution in [0.1, 0.15) is 56.5 Å². The van der Waals surface area contributed by atoms with Crippen LogP contribution < -0.4 is 20.3 Å². The van der Waals surface area contributed by atoms with Crippen molar-refractivity contribution in [3.8, 4) is 5.75 Å². The Labute approximate surface area is 227 Å². The molecule has 0 aliphatic heterocycles. The summed E-state index contributed by atoms with van der Waals surface area (Å²) in [6, 6.07) is 12.7. The first kappa shape index (κ1) is 28.7. The SMILES string of the molecule is COc1ccc(C)cc1N(C(=O)CCC(=O)Nc1cc(C)on1)[C@H](C(=O)NC(C)(C)C)c1ccccc1Cl. The minimum atomic E-state index is -1.13. The highest BCUT2D eigenvalue weighted by Crippen LogP contribution is 2.38. The summed E-state index contributed by atoms with van der Waals surface area (Å²) in [5, 5.41) is 9.66. The maximum absolute atomic E-state index is 13.9. The van der Waals surface area contributed by atoms with E-state index in [9.17, 15) is 14.4 Å². The van der Waals surface area contributed by atoms with Crippen LogP contribution in [0, 0.1) is 13.8 Å². The van der Waals surface area contributed by atoms with Crippen LogP contribution in [-0.2, 0) is 14.4 Å². The molecule has 0 radical (unpaired) electrons. The molecule has 38 heavy (non-hydrogen) atoms. The van der Waals surface area contributed by atoms with Crippen molar-refractivity contribution >= 4 is 40.8 Å². The summed E-state index contributed by atoms with van der Waals surface area (Å²) in [7, 11) is 1.49. The molecule has 0 saturated heterocycles. The highest BCUT2D eigenvalue weighted by atomic mass is 35.5. The standard InChI is InChI=1S/C28H33ClN4O5/c1-17-11-12-22(37-6)21(15-17)33(25(35)14-13-24(34)30-23-16-18(2)38-32-23)26(27(36)31-28(3,4)5)19-9-7-8-10-20(19)29/h7-12,15-16,26H,13-14H2,1-6H3,(H,31,36)(H,30,32,34)/t26-/m0/s1. The van der Waals surface area contributed by atoms with E-state index in [1.165, 1.54) is 12.0 Å². The highest BCUT2D eigenvalue weighted by molar-refractivity contribution is 6.31. The van der Waals surface area contributed by atoms with Crippen LogP contribution >= 0.6 is 11.6 Å². The lowest BCUT2D eigenvalue weighted by atomic mass is 9.99. The number of hydrogen-bond donors (Lipinski definition) is 2. The maximum Gasteiger partial charge on any atom is 0.248 e. The topological polar surface area (TPSA) is 114 Å². The van der Waals surface area contributed by atoms with Crippen LogP contribution in [0.3, 0.4) is 0 Å².